The lowest BCUT2D eigenvalue weighted by molar-refractivity contribution is -0.118. The molecule has 134 valence electrons. The lowest BCUT2D eigenvalue weighted by Gasteiger charge is -2.31. The van der Waals surface area contributed by atoms with Crippen LogP contribution in [0.5, 0.6) is 0 Å². The van der Waals surface area contributed by atoms with E-state index in [-0.39, 0.29) is 17.8 Å². The van der Waals surface area contributed by atoms with Crippen LogP contribution >= 0.6 is 0 Å². The molecule has 3 rings (SSSR count). The van der Waals surface area contributed by atoms with Gasteiger partial charge < -0.3 is 9.84 Å². The van der Waals surface area contributed by atoms with Crippen LogP contribution in [0.3, 0.4) is 0 Å². The zero-order chi connectivity index (χ0) is 17.8. The summed E-state index contributed by atoms with van der Waals surface area (Å²) < 4.78 is 18.0. The van der Waals surface area contributed by atoms with Crippen molar-refractivity contribution in [1.29, 1.82) is 0 Å². The second-order valence-electron chi connectivity index (χ2n) is 6.81. The van der Waals surface area contributed by atoms with Gasteiger partial charge in [-0.3, -0.25) is 10.1 Å². The topological polar surface area (TPSA) is 67.2 Å². The molecule has 1 atom stereocenters. The number of halogens is 1. The van der Waals surface area contributed by atoms with E-state index in [4.69, 9.17) is 4.52 Å². The number of aryl methyl sites for hydroxylation is 1. The van der Waals surface area contributed by atoms with Gasteiger partial charge in [0.2, 0.25) is 11.8 Å². The third kappa shape index (κ3) is 4.66. The SMILES string of the molecule is Cc1cc(NC(=O)C(C)NC2CCC(c3ccc(F)cc3)CC2)on1. The number of hydrogen-bond acceptors (Lipinski definition) is 4. The minimum absolute atomic E-state index is 0.128. The van der Waals surface area contributed by atoms with Crippen LogP contribution in [0.15, 0.2) is 34.9 Å². The van der Waals surface area contributed by atoms with Gasteiger partial charge in [0.15, 0.2) is 0 Å². The summed E-state index contributed by atoms with van der Waals surface area (Å²) in [6.45, 7) is 3.66. The van der Waals surface area contributed by atoms with Crippen LogP contribution in [0.1, 0.15) is 49.8 Å². The number of carbonyl (C=O) groups is 1. The third-order valence-corrected chi connectivity index (χ3v) is 4.82. The fourth-order valence-electron chi connectivity index (χ4n) is 3.41. The highest BCUT2D eigenvalue weighted by atomic mass is 19.1. The van der Waals surface area contributed by atoms with Crippen molar-refractivity contribution in [1.82, 2.24) is 10.5 Å². The van der Waals surface area contributed by atoms with E-state index in [9.17, 15) is 9.18 Å². The predicted molar refractivity (Wildman–Crippen MR) is 93.9 cm³/mol. The molecule has 25 heavy (non-hydrogen) atoms. The molecule has 0 aliphatic heterocycles. The van der Waals surface area contributed by atoms with E-state index in [2.05, 4.69) is 15.8 Å². The van der Waals surface area contributed by atoms with Gasteiger partial charge in [-0.05, 0) is 63.1 Å². The molecule has 1 aliphatic carbocycles. The Morgan fingerprint density at radius 1 is 1.24 bits per heavy atom. The van der Waals surface area contributed by atoms with Gasteiger partial charge in [-0.25, -0.2) is 4.39 Å². The largest absolute Gasteiger partial charge is 0.338 e. The standard InChI is InChI=1S/C19H24FN3O2/c1-12-11-18(25-23-12)22-19(24)13(2)21-17-9-5-15(6-10-17)14-3-7-16(20)8-4-14/h3-4,7-8,11,13,15,17,21H,5-6,9-10H2,1-2H3,(H,22,24). The number of hydrogen-bond donors (Lipinski definition) is 2. The number of anilines is 1. The molecule has 5 nitrogen and oxygen atoms in total. The van der Waals surface area contributed by atoms with Crippen molar-refractivity contribution in [3.63, 3.8) is 0 Å². The Morgan fingerprint density at radius 3 is 2.52 bits per heavy atom. The molecule has 0 bridgehead atoms. The molecule has 1 amide bonds. The van der Waals surface area contributed by atoms with E-state index in [1.54, 1.807) is 13.0 Å². The van der Waals surface area contributed by atoms with Crippen LogP contribution in [0.4, 0.5) is 10.3 Å². The van der Waals surface area contributed by atoms with Crippen LogP contribution in [0.2, 0.25) is 0 Å². The molecule has 1 aromatic carbocycles. The maximum Gasteiger partial charge on any atom is 0.243 e. The number of carbonyl (C=O) groups excluding carboxylic acids is 1. The smallest absolute Gasteiger partial charge is 0.243 e. The molecular weight excluding hydrogens is 321 g/mol. The molecule has 0 spiro atoms. The second kappa shape index (κ2) is 7.78. The van der Waals surface area contributed by atoms with Gasteiger partial charge in [0.05, 0.1) is 11.7 Å². The van der Waals surface area contributed by atoms with E-state index in [1.807, 2.05) is 19.1 Å². The summed E-state index contributed by atoms with van der Waals surface area (Å²) in [5.74, 6) is 0.522. The molecule has 0 radical (unpaired) electrons. The Hall–Kier alpha value is -2.21. The summed E-state index contributed by atoms with van der Waals surface area (Å²) in [5.41, 5.74) is 1.93. The van der Waals surface area contributed by atoms with Crippen LogP contribution in [-0.4, -0.2) is 23.1 Å². The van der Waals surface area contributed by atoms with Crippen LogP contribution in [0.25, 0.3) is 0 Å². The van der Waals surface area contributed by atoms with Crippen molar-refractivity contribution >= 4 is 11.8 Å². The zero-order valence-corrected chi connectivity index (χ0v) is 14.6. The third-order valence-electron chi connectivity index (χ3n) is 4.82. The summed E-state index contributed by atoms with van der Waals surface area (Å²) in [6, 6.07) is 8.51. The van der Waals surface area contributed by atoms with Gasteiger partial charge in [0.25, 0.3) is 0 Å². The Labute approximate surface area is 147 Å². The molecule has 1 aliphatic rings. The van der Waals surface area contributed by atoms with Crippen LogP contribution in [0, 0.1) is 12.7 Å². The van der Waals surface area contributed by atoms with Gasteiger partial charge in [0.1, 0.15) is 5.82 Å². The molecular formula is C19H24FN3O2. The molecule has 1 unspecified atom stereocenters. The molecule has 2 aromatic rings. The minimum atomic E-state index is -0.308. The molecule has 6 heteroatoms. The number of rotatable bonds is 5. The normalized spacial score (nSPS) is 21.7. The van der Waals surface area contributed by atoms with Crippen molar-refractivity contribution in [3.8, 4) is 0 Å². The lowest BCUT2D eigenvalue weighted by Crippen LogP contribution is -2.45. The number of aromatic nitrogens is 1. The highest BCUT2D eigenvalue weighted by Gasteiger charge is 2.25. The fraction of sp³-hybridized carbons (Fsp3) is 0.474. The van der Waals surface area contributed by atoms with E-state index in [0.717, 1.165) is 31.4 Å². The first-order valence-electron chi connectivity index (χ1n) is 8.77. The molecule has 1 saturated carbocycles. The average molecular weight is 345 g/mol. The lowest BCUT2D eigenvalue weighted by atomic mass is 9.81. The van der Waals surface area contributed by atoms with Gasteiger partial charge >= 0.3 is 0 Å². The van der Waals surface area contributed by atoms with E-state index in [0.29, 0.717) is 17.8 Å². The molecule has 2 N–H and O–H groups in total. The van der Waals surface area contributed by atoms with Crippen molar-refractivity contribution < 1.29 is 13.7 Å². The van der Waals surface area contributed by atoms with Gasteiger partial charge in [-0.1, -0.05) is 17.3 Å². The average Bonchev–Trinajstić information content (AvgIpc) is 3.01. The van der Waals surface area contributed by atoms with Crippen molar-refractivity contribution in [2.24, 2.45) is 0 Å². The van der Waals surface area contributed by atoms with Gasteiger partial charge in [-0.15, -0.1) is 0 Å². The summed E-state index contributed by atoms with van der Waals surface area (Å²) in [6.07, 6.45) is 4.08. The van der Waals surface area contributed by atoms with Crippen molar-refractivity contribution in [2.45, 2.75) is 57.5 Å². The van der Waals surface area contributed by atoms with Gasteiger partial charge in [-0.2, -0.15) is 0 Å². The Kier molecular flexibility index (Phi) is 5.48. The number of benzene rings is 1. The first-order valence-corrected chi connectivity index (χ1v) is 8.77. The molecule has 1 fully saturated rings. The minimum Gasteiger partial charge on any atom is -0.338 e. The summed E-state index contributed by atoms with van der Waals surface area (Å²) in [4.78, 5) is 12.2. The van der Waals surface area contributed by atoms with E-state index < -0.39 is 0 Å². The van der Waals surface area contributed by atoms with Crippen molar-refractivity contribution in [3.05, 3.63) is 47.4 Å². The monoisotopic (exact) mass is 345 g/mol. The predicted octanol–water partition coefficient (Wildman–Crippen LogP) is 3.77. The van der Waals surface area contributed by atoms with E-state index >= 15 is 0 Å². The fourth-order valence-corrected chi connectivity index (χ4v) is 3.41. The zero-order valence-electron chi connectivity index (χ0n) is 14.6. The quantitative estimate of drug-likeness (QED) is 0.866. The Morgan fingerprint density at radius 2 is 1.92 bits per heavy atom. The number of amides is 1. The number of nitrogens with zero attached hydrogens (tertiary/aromatic N) is 1. The van der Waals surface area contributed by atoms with Crippen molar-refractivity contribution in [2.75, 3.05) is 5.32 Å². The van der Waals surface area contributed by atoms with E-state index in [1.165, 1.54) is 17.7 Å². The molecule has 0 saturated heterocycles. The maximum absolute atomic E-state index is 13.0. The van der Waals surface area contributed by atoms with Crippen LogP contribution < -0.4 is 10.6 Å². The second-order valence-corrected chi connectivity index (χ2v) is 6.81. The first-order chi connectivity index (χ1) is 12.0. The number of nitrogens with one attached hydrogen (secondary N) is 2. The maximum atomic E-state index is 13.0. The summed E-state index contributed by atoms with van der Waals surface area (Å²) in [7, 11) is 0. The summed E-state index contributed by atoms with van der Waals surface area (Å²) in [5, 5.41) is 9.87. The summed E-state index contributed by atoms with van der Waals surface area (Å²) >= 11 is 0. The highest BCUT2D eigenvalue weighted by molar-refractivity contribution is 5.93. The Balaban J connectivity index is 1.46. The Bertz CT molecular complexity index is 706. The highest BCUT2D eigenvalue weighted by Crippen LogP contribution is 2.33. The van der Waals surface area contributed by atoms with Gasteiger partial charge in [0, 0.05) is 12.1 Å². The first kappa shape index (κ1) is 17.6. The molecule has 1 aromatic heterocycles. The molecule has 1 heterocycles. The van der Waals surface area contributed by atoms with Crippen LogP contribution in [-0.2, 0) is 4.79 Å².